The van der Waals surface area contributed by atoms with E-state index < -0.39 is 5.91 Å². The van der Waals surface area contributed by atoms with Crippen LogP contribution in [0.4, 0.5) is 0 Å². The molecular formula is C26H28N4O3. The quantitative estimate of drug-likeness (QED) is 0.671. The van der Waals surface area contributed by atoms with Gasteiger partial charge in [-0.05, 0) is 45.0 Å². The fourth-order valence-corrected chi connectivity index (χ4v) is 4.84. The third-order valence-corrected chi connectivity index (χ3v) is 6.72. The second kappa shape index (κ2) is 8.48. The fraction of sp³-hybridized carbons (Fsp3) is 0.346. The number of aromatic nitrogens is 2. The SMILES string of the molecule is Cc1cc(=O)c(C(=O)NC2CC3(CCN(C)CC3)Oc3ccccc32)nn1-c1ccccc1. The number of ether oxygens (including phenoxy) is 1. The topological polar surface area (TPSA) is 76.5 Å². The molecule has 7 heteroatoms. The summed E-state index contributed by atoms with van der Waals surface area (Å²) in [7, 11) is 2.11. The number of nitrogens with one attached hydrogen (secondary N) is 1. The monoisotopic (exact) mass is 444 g/mol. The molecule has 3 aromatic rings. The van der Waals surface area contributed by atoms with Gasteiger partial charge in [-0.3, -0.25) is 9.59 Å². The van der Waals surface area contributed by atoms with Gasteiger partial charge in [-0.15, -0.1) is 0 Å². The van der Waals surface area contributed by atoms with Gasteiger partial charge in [0.25, 0.3) is 5.91 Å². The normalized spacial score (nSPS) is 19.5. The first-order valence-corrected chi connectivity index (χ1v) is 11.4. The van der Waals surface area contributed by atoms with E-state index in [0.29, 0.717) is 12.1 Å². The zero-order valence-corrected chi connectivity index (χ0v) is 19.0. The van der Waals surface area contributed by atoms with Crippen molar-refractivity contribution in [3.8, 4) is 11.4 Å². The molecule has 1 atom stereocenters. The number of nitrogens with zero attached hydrogens (tertiary/aromatic N) is 3. The molecule has 0 radical (unpaired) electrons. The van der Waals surface area contributed by atoms with Gasteiger partial charge in [0.15, 0.2) is 5.69 Å². The van der Waals surface area contributed by atoms with Crippen LogP contribution in [-0.2, 0) is 0 Å². The lowest BCUT2D eigenvalue weighted by Crippen LogP contribution is -2.51. The van der Waals surface area contributed by atoms with Gasteiger partial charge >= 0.3 is 0 Å². The molecule has 5 rings (SSSR count). The molecule has 0 saturated carbocycles. The highest BCUT2D eigenvalue weighted by Gasteiger charge is 2.43. The Kier molecular flexibility index (Phi) is 5.50. The second-order valence-corrected chi connectivity index (χ2v) is 9.10. The number of likely N-dealkylation sites (tertiary alicyclic amines) is 1. The minimum absolute atomic E-state index is 0.106. The smallest absolute Gasteiger partial charge is 0.276 e. The number of fused-ring (bicyclic) bond motifs is 1. The van der Waals surface area contributed by atoms with Crippen molar-refractivity contribution < 1.29 is 9.53 Å². The molecule has 2 aromatic carbocycles. The summed E-state index contributed by atoms with van der Waals surface area (Å²) >= 11 is 0. The summed E-state index contributed by atoms with van der Waals surface area (Å²) in [6.45, 7) is 3.70. The minimum atomic E-state index is -0.463. The van der Waals surface area contributed by atoms with Gasteiger partial charge in [-0.25, -0.2) is 4.68 Å². The maximum atomic E-state index is 13.3. The lowest BCUT2D eigenvalue weighted by molar-refractivity contribution is -0.0196. The number of benzene rings is 2. The highest BCUT2D eigenvalue weighted by molar-refractivity contribution is 5.92. The lowest BCUT2D eigenvalue weighted by Gasteiger charge is -2.46. The molecule has 33 heavy (non-hydrogen) atoms. The predicted molar refractivity (Wildman–Crippen MR) is 126 cm³/mol. The van der Waals surface area contributed by atoms with E-state index in [2.05, 4.69) is 22.4 Å². The van der Waals surface area contributed by atoms with E-state index in [1.54, 1.807) is 4.68 Å². The Bertz CT molecular complexity index is 1230. The molecule has 170 valence electrons. The third-order valence-electron chi connectivity index (χ3n) is 6.72. The summed E-state index contributed by atoms with van der Waals surface area (Å²) in [4.78, 5) is 28.3. The Morgan fingerprint density at radius 1 is 1.09 bits per heavy atom. The highest BCUT2D eigenvalue weighted by atomic mass is 16.5. The van der Waals surface area contributed by atoms with E-state index >= 15 is 0 Å². The molecule has 1 aromatic heterocycles. The van der Waals surface area contributed by atoms with Crippen LogP contribution in [0.5, 0.6) is 5.75 Å². The number of carbonyl (C=O) groups is 1. The van der Waals surface area contributed by atoms with Crippen LogP contribution < -0.4 is 15.5 Å². The van der Waals surface area contributed by atoms with Crippen LogP contribution >= 0.6 is 0 Å². The molecule has 1 amide bonds. The Hall–Kier alpha value is -3.45. The van der Waals surface area contributed by atoms with Gasteiger partial charge in [0, 0.05) is 36.8 Å². The first-order chi connectivity index (χ1) is 15.9. The maximum absolute atomic E-state index is 13.3. The van der Waals surface area contributed by atoms with Gasteiger partial charge in [-0.2, -0.15) is 5.10 Å². The van der Waals surface area contributed by atoms with Gasteiger partial charge < -0.3 is 15.0 Å². The predicted octanol–water partition coefficient (Wildman–Crippen LogP) is 3.26. The van der Waals surface area contributed by atoms with E-state index in [4.69, 9.17) is 4.74 Å². The standard InChI is InChI=1S/C26H28N4O3/c1-18-16-22(31)24(28-30(18)19-8-4-3-5-9-19)25(32)27-21-17-26(12-14-29(2)15-13-26)33-23-11-7-6-10-20(21)23/h3-11,16,21H,12-15,17H2,1-2H3,(H,27,32). The summed E-state index contributed by atoms with van der Waals surface area (Å²) in [5, 5.41) is 7.54. The van der Waals surface area contributed by atoms with E-state index in [0.717, 1.165) is 42.9 Å². The van der Waals surface area contributed by atoms with Crippen molar-refractivity contribution in [2.75, 3.05) is 20.1 Å². The number of rotatable bonds is 3. The molecule has 1 unspecified atom stereocenters. The van der Waals surface area contributed by atoms with Gasteiger partial charge in [0.1, 0.15) is 11.4 Å². The number of aryl methyl sites for hydroxylation is 1. The summed E-state index contributed by atoms with van der Waals surface area (Å²) in [6, 6.07) is 18.5. The molecule has 7 nitrogen and oxygen atoms in total. The first kappa shape index (κ1) is 21.4. The average molecular weight is 445 g/mol. The molecule has 1 spiro atoms. The first-order valence-electron chi connectivity index (χ1n) is 11.4. The van der Waals surface area contributed by atoms with Crippen LogP contribution in [0.1, 0.15) is 47.1 Å². The van der Waals surface area contributed by atoms with Crippen LogP contribution in [0.25, 0.3) is 5.69 Å². The van der Waals surface area contributed by atoms with E-state index in [9.17, 15) is 9.59 Å². The van der Waals surface area contributed by atoms with E-state index in [1.807, 2.05) is 61.5 Å². The Morgan fingerprint density at radius 3 is 2.55 bits per heavy atom. The van der Waals surface area contributed by atoms with Crippen molar-refractivity contribution in [2.45, 2.75) is 37.8 Å². The molecule has 2 aliphatic rings. The van der Waals surface area contributed by atoms with E-state index in [-0.39, 0.29) is 22.8 Å². The summed E-state index contributed by atoms with van der Waals surface area (Å²) < 4.78 is 8.11. The van der Waals surface area contributed by atoms with Crippen molar-refractivity contribution in [1.29, 1.82) is 0 Å². The number of hydrogen-bond acceptors (Lipinski definition) is 5. The Labute approximate surface area is 193 Å². The Balaban J connectivity index is 1.46. The van der Waals surface area contributed by atoms with Crippen molar-refractivity contribution in [3.05, 3.63) is 87.8 Å². The van der Waals surface area contributed by atoms with Crippen molar-refractivity contribution in [3.63, 3.8) is 0 Å². The van der Waals surface area contributed by atoms with Crippen molar-refractivity contribution >= 4 is 5.91 Å². The second-order valence-electron chi connectivity index (χ2n) is 9.10. The lowest BCUT2D eigenvalue weighted by atomic mass is 9.80. The van der Waals surface area contributed by atoms with Crippen LogP contribution in [0, 0.1) is 6.92 Å². The van der Waals surface area contributed by atoms with Crippen LogP contribution in [-0.4, -0.2) is 46.3 Å². The van der Waals surface area contributed by atoms with Crippen molar-refractivity contribution in [1.82, 2.24) is 20.0 Å². The molecule has 3 heterocycles. The zero-order chi connectivity index (χ0) is 23.0. The fourth-order valence-electron chi connectivity index (χ4n) is 4.84. The van der Waals surface area contributed by atoms with Crippen LogP contribution in [0.15, 0.2) is 65.5 Å². The van der Waals surface area contributed by atoms with Crippen LogP contribution in [0.2, 0.25) is 0 Å². The summed E-state index contributed by atoms with van der Waals surface area (Å²) in [6.07, 6.45) is 2.46. The van der Waals surface area contributed by atoms with Crippen LogP contribution in [0.3, 0.4) is 0 Å². The number of carbonyl (C=O) groups excluding carboxylic acids is 1. The van der Waals surface area contributed by atoms with Gasteiger partial charge in [-0.1, -0.05) is 36.4 Å². The number of hydrogen-bond donors (Lipinski definition) is 1. The largest absolute Gasteiger partial charge is 0.487 e. The molecule has 0 aliphatic carbocycles. The molecule has 1 fully saturated rings. The Morgan fingerprint density at radius 2 is 1.79 bits per heavy atom. The molecule has 1 N–H and O–H groups in total. The van der Waals surface area contributed by atoms with E-state index in [1.165, 1.54) is 6.07 Å². The summed E-state index contributed by atoms with van der Waals surface area (Å²) in [5.74, 6) is 0.339. The van der Waals surface area contributed by atoms with Gasteiger partial charge in [0.2, 0.25) is 5.43 Å². The molecule has 1 saturated heterocycles. The zero-order valence-electron chi connectivity index (χ0n) is 19.0. The summed E-state index contributed by atoms with van der Waals surface area (Å²) in [5.41, 5.74) is 1.60. The molecule has 0 bridgehead atoms. The van der Waals surface area contributed by atoms with Crippen molar-refractivity contribution in [2.24, 2.45) is 0 Å². The molecule has 2 aliphatic heterocycles. The molecular weight excluding hydrogens is 416 g/mol. The third kappa shape index (κ3) is 4.16. The number of piperidine rings is 1. The average Bonchev–Trinajstić information content (AvgIpc) is 2.82. The van der Waals surface area contributed by atoms with Gasteiger partial charge in [0.05, 0.1) is 11.7 Å². The minimum Gasteiger partial charge on any atom is -0.487 e. The highest BCUT2D eigenvalue weighted by Crippen LogP contribution is 2.44. The maximum Gasteiger partial charge on any atom is 0.276 e. The number of para-hydroxylation sites is 2. The number of amides is 1.